The molecule has 0 aliphatic rings. The maximum absolute atomic E-state index is 11.6. The molecule has 3 atom stereocenters. The van der Waals surface area contributed by atoms with Crippen molar-refractivity contribution in [2.24, 2.45) is 17.8 Å². The molecule has 39 heavy (non-hydrogen) atoms. The highest BCUT2D eigenvalue weighted by atomic mass is 16.4. The Kier molecular flexibility index (Phi) is 21.8. The molecule has 0 aromatic rings. The van der Waals surface area contributed by atoms with Gasteiger partial charge in [0.1, 0.15) is 17.8 Å². The summed E-state index contributed by atoms with van der Waals surface area (Å²) in [6.07, 6.45) is 24.2. The van der Waals surface area contributed by atoms with Crippen LogP contribution < -0.4 is 0 Å². The zero-order valence-corrected chi connectivity index (χ0v) is 25.5. The van der Waals surface area contributed by atoms with Gasteiger partial charge in [-0.1, -0.05) is 89.7 Å². The second-order valence-electron chi connectivity index (χ2n) is 12.0. The van der Waals surface area contributed by atoms with Crippen molar-refractivity contribution in [2.75, 3.05) is 26.2 Å². The van der Waals surface area contributed by atoms with Crippen LogP contribution in [-0.4, -0.2) is 63.9 Å². The third-order valence-corrected chi connectivity index (χ3v) is 7.89. The fourth-order valence-corrected chi connectivity index (χ4v) is 5.51. The molecule has 3 N–H and O–H groups in total. The average Bonchev–Trinajstić information content (AvgIpc) is 2.87. The van der Waals surface area contributed by atoms with Gasteiger partial charge in [0, 0.05) is 0 Å². The van der Waals surface area contributed by atoms with Crippen molar-refractivity contribution in [2.45, 2.75) is 130 Å². The van der Waals surface area contributed by atoms with Crippen LogP contribution in [0.25, 0.3) is 0 Å². The predicted octanol–water partition coefficient (Wildman–Crippen LogP) is 7.78. The quantitative estimate of drug-likeness (QED) is 0.0543. The van der Waals surface area contributed by atoms with Crippen LogP contribution in [0.15, 0.2) is 12.2 Å². The number of nitrogens with zero attached hydrogens (tertiary/aromatic N) is 1. The SMILES string of the molecule is CCCC/C=C/CCCCCCCCCCCCCC[N+](CC(C)C(=O)O)(CC(C)C(=O)O)CC(C)C(=O)O. The Balaban J connectivity index is 4.35. The van der Waals surface area contributed by atoms with Crippen molar-refractivity contribution in [1.82, 2.24) is 0 Å². The maximum atomic E-state index is 11.6. The fraction of sp³-hybridized carbons (Fsp3) is 0.844. The molecular formula is C32H60NO6+. The first-order chi connectivity index (χ1) is 18.5. The topological polar surface area (TPSA) is 112 Å². The number of carbonyl (C=O) groups is 3. The van der Waals surface area contributed by atoms with E-state index in [1.807, 2.05) is 0 Å². The van der Waals surface area contributed by atoms with E-state index < -0.39 is 35.7 Å². The Morgan fingerprint density at radius 2 is 0.846 bits per heavy atom. The third-order valence-electron chi connectivity index (χ3n) is 7.89. The number of allylic oxidation sites excluding steroid dienone is 2. The van der Waals surface area contributed by atoms with E-state index in [4.69, 9.17) is 0 Å². The number of carboxylic acids is 3. The van der Waals surface area contributed by atoms with Crippen LogP contribution in [0.1, 0.15) is 130 Å². The molecule has 3 unspecified atom stereocenters. The van der Waals surface area contributed by atoms with Gasteiger partial charge in [-0.05, 0) is 52.9 Å². The van der Waals surface area contributed by atoms with Gasteiger partial charge < -0.3 is 19.8 Å². The minimum Gasteiger partial charge on any atom is -0.481 e. The van der Waals surface area contributed by atoms with E-state index in [0.717, 1.165) is 19.3 Å². The first-order valence-electron chi connectivity index (χ1n) is 15.7. The second kappa shape index (κ2) is 22.9. The lowest BCUT2D eigenvalue weighted by atomic mass is 10.00. The molecule has 0 radical (unpaired) electrons. The van der Waals surface area contributed by atoms with Crippen LogP contribution in [0, 0.1) is 17.8 Å². The number of hydrogen-bond donors (Lipinski definition) is 3. The van der Waals surface area contributed by atoms with Crippen LogP contribution in [-0.2, 0) is 14.4 Å². The summed E-state index contributed by atoms with van der Waals surface area (Å²) < 4.78 is 0.226. The Labute approximate surface area is 238 Å². The van der Waals surface area contributed by atoms with Gasteiger partial charge in [-0.15, -0.1) is 0 Å². The summed E-state index contributed by atoms with van der Waals surface area (Å²) >= 11 is 0. The molecule has 0 aliphatic carbocycles. The highest BCUT2D eigenvalue weighted by Gasteiger charge is 2.38. The van der Waals surface area contributed by atoms with Gasteiger partial charge in [-0.3, -0.25) is 14.4 Å². The lowest BCUT2D eigenvalue weighted by Crippen LogP contribution is -2.57. The van der Waals surface area contributed by atoms with Crippen LogP contribution in [0.5, 0.6) is 0 Å². The molecule has 0 saturated heterocycles. The standard InChI is InChI=1S/C32H59NO6/c1-5-6-7-8-9-10-11-12-13-14-15-16-17-18-19-20-21-22-23-33(24-27(2)30(34)35,25-28(3)31(36)37)26-29(4)32(38)39/h8-9,27-29H,5-7,10-26H2,1-4H3,(H2-,34,35,36,37,38,39)/p+1/b9-8+. The highest BCUT2D eigenvalue weighted by molar-refractivity contribution is 5.70. The monoisotopic (exact) mass is 554 g/mol. The number of carboxylic acid groups (broad SMARTS) is 3. The van der Waals surface area contributed by atoms with E-state index in [2.05, 4.69) is 19.1 Å². The molecule has 0 amide bonds. The largest absolute Gasteiger partial charge is 0.481 e. The van der Waals surface area contributed by atoms with E-state index >= 15 is 0 Å². The molecule has 228 valence electrons. The summed E-state index contributed by atoms with van der Waals surface area (Å²) in [4.78, 5) is 34.8. The molecular weight excluding hydrogens is 494 g/mol. The summed E-state index contributed by atoms with van der Waals surface area (Å²) in [6, 6.07) is 0. The molecule has 7 heteroatoms. The van der Waals surface area contributed by atoms with Gasteiger partial charge in [0.15, 0.2) is 0 Å². The predicted molar refractivity (Wildman–Crippen MR) is 159 cm³/mol. The van der Waals surface area contributed by atoms with Crippen LogP contribution in [0.2, 0.25) is 0 Å². The minimum absolute atomic E-state index is 0.226. The first-order valence-corrected chi connectivity index (χ1v) is 15.7. The smallest absolute Gasteiger partial charge is 0.311 e. The van der Waals surface area contributed by atoms with Crippen molar-refractivity contribution >= 4 is 17.9 Å². The van der Waals surface area contributed by atoms with Crippen molar-refractivity contribution in [3.8, 4) is 0 Å². The van der Waals surface area contributed by atoms with E-state index in [1.54, 1.807) is 20.8 Å². The van der Waals surface area contributed by atoms with E-state index in [-0.39, 0.29) is 24.1 Å². The maximum Gasteiger partial charge on any atom is 0.311 e. The summed E-state index contributed by atoms with van der Waals surface area (Å²) in [6.45, 7) is 8.47. The molecule has 0 fully saturated rings. The second-order valence-corrected chi connectivity index (χ2v) is 12.0. The summed E-state index contributed by atoms with van der Waals surface area (Å²) in [5, 5.41) is 28.5. The molecule has 0 bridgehead atoms. The van der Waals surface area contributed by atoms with Crippen LogP contribution >= 0.6 is 0 Å². The number of aliphatic carboxylic acids is 3. The first kappa shape index (κ1) is 37.1. The average molecular weight is 555 g/mol. The van der Waals surface area contributed by atoms with Crippen molar-refractivity contribution in [3.63, 3.8) is 0 Å². The van der Waals surface area contributed by atoms with E-state index in [1.165, 1.54) is 83.5 Å². The lowest BCUT2D eigenvalue weighted by Gasteiger charge is -2.42. The fourth-order valence-electron chi connectivity index (χ4n) is 5.51. The molecule has 0 saturated carbocycles. The Morgan fingerprint density at radius 1 is 0.538 bits per heavy atom. The molecule has 0 aliphatic heterocycles. The molecule has 0 aromatic carbocycles. The third kappa shape index (κ3) is 19.8. The molecule has 0 spiro atoms. The van der Waals surface area contributed by atoms with Crippen LogP contribution in [0.4, 0.5) is 0 Å². The normalized spacial score (nSPS) is 15.6. The summed E-state index contributed by atoms with van der Waals surface area (Å²) in [5.74, 6) is -4.80. The molecule has 7 nitrogen and oxygen atoms in total. The highest BCUT2D eigenvalue weighted by Crippen LogP contribution is 2.22. The minimum atomic E-state index is -0.932. The molecule has 0 rings (SSSR count). The van der Waals surface area contributed by atoms with Gasteiger partial charge in [0.05, 0.1) is 26.2 Å². The molecule has 0 aromatic heterocycles. The van der Waals surface area contributed by atoms with E-state index in [0.29, 0.717) is 6.54 Å². The number of hydrogen-bond acceptors (Lipinski definition) is 3. The van der Waals surface area contributed by atoms with E-state index in [9.17, 15) is 29.7 Å². The Bertz CT molecular complexity index is 637. The van der Waals surface area contributed by atoms with Crippen LogP contribution in [0.3, 0.4) is 0 Å². The van der Waals surface area contributed by atoms with Crippen molar-refractivity contribution in [1.29, 1.82) is 0 Å². The van der Waals surface area contributed by atoms with Gasteiger partial charge >= 0.3 is 17.9 Å². The van der Waals surface area contributed by atoms with Gasteiger partial charge in [-0.2, -0.15) is 0 Å². The summed E-state index contributed by atoms with van der Waals surface area (Å²) in [5.41, 5.74) is 0. The summed E-state index contributed by atoms with van der Waals surface area (Å²) in [7, 11) is 0. The Morgan fingerprint density at radius 3 is 1.18 bits per heavy atom. The number of rotatable bonds is 27. The Hall–Kier alpha value is -1.89. The zero-order chi connectivity index (χ0) is 29.5. The van der Waals surface area contributed by atoms with Crippen molar-refractivity contribution < 1.29 is 34.2 Å². The van der Waals surface area contributed by atoms with Gasteiger partial charge in [-0.25, -0.2) is 0 Å². The van der Waals surface area contributed by atoms with Crippen molar-refractivity contribution in [3.05, 3.63) is 12.2 Å². The number of unbranched alkanes of at least 4 members (excludes halogenated alkanes) is 14. The number of quaternary nitrogens is 1. The molecule has 0 heterocycles. The lowest BCUT2D eigenvalue weighted by molar-refractivity contribution is -0.934. The zero-order valence-electron chi connectivity index (χ0n) is 25.5. The van der Waals surface area contributed by atoms with Gasteiger partial charge in [0.2, 0.25) is 0 Å². The van der Waals surface area contributed by atoms with Gasteiger partial charge in [0.25, 0.3) is 0 Å².